The van der Waals surface area contributed by atoms with E-state index in [1.54, 1.807) is 0 Å². The molecular weight excluding hydrogens is 474 g/mol. The Morgan fingerprint density at radius 3 is 2.23 bits per heavy atom. The Labute approximate surface area is 226 Å². The molecule has 6 aromatic carbocycles. The van der Waals surface area contributed by atoms with Crippen molar-refractivity contribution in [1.82, 2.24) is 4.57 Å². The fourth-order valence-corrected chi connectivity index (χ4v) is 6.38. The van der Waals surface area contributed by atoms with Gasteiger partial charge >= 0.3 is 0 Å². The highest BCUT2D eigenvalue weighted by molar-refractivity contribution is 6.15. The van der Waals surface area contributed by atoms with E-state index in [4.69, 9.17) is 0 Å². The number of para-hydroxylation sites is 1. The van der Waals surface area contributed by atoms with Crippen LogP contribution in [-0.4, -0.2) is 4.57 Å². The first-order chi connectivity index (χ1) is 19.3. The minimum Gasteiger partial charge on any atom is -0.277 e. The molecule has 1 aromatic heterocycles. The second-order valence-electron chi connectivity index (χ2n) is 10.4. The zero-order valence-corrected chi connectivity index (χ0v) is 21.4. The lowest BCUT2D eigenvalue weighted by molar-refractivity contribution is 0.911. The van der Waals surface area contributed by atoms with Gasteiger partial charge in [-0.1, -0.05) is 91.0 Å². The van der Waals surface area contributed by atoms with Crippen LogP contribution in [-0.2, 0) is 6.42 Å². The summed E-state index contributed by atoms with van der Waals surface area (Å²) in [6, 6.07) is 40.5. The van der Waals surface area contributed by atoms with Crippen LogP contribution in [0.25, 0.3) is 66.0 Å². The SMILES string of the molecule is O=c1c2cc(-c3cccc4c3ccc3cc5ccccc5cc34)ccc2c2c(n1-c1ccccc1)C=CCC2. The maximum absolute atomic E-state index is 14.1. The molecule has 0 fully saturated rings. The Morgan fingerprint density at radius 2 is 1.36 bits per heavy atom. The number of benzene rings is 6. The molecule has 8 rings (SSSR count). The zero-order chi connectivity index (χ0) is 25.9. The fraction of sp³-hybridized carbons (Fsp3) is 0.0541. The van der Waals surface area contributed by atoms with Crippen LogP contribution in [0.4, 0.5) is 0 Å². The Kier molecular flexibility index (Phi) is 4.83. The van der Waals surface area contributed by atoms with E-state index in [9.17, 15) is 4.79 Å². The second-order valence-corrected chi connectivity index (χ2v) is 10.4. The largest absolute Gasteiger partial charge is 0.277 e. The van der Waals surface area contributed by atoms with Crippen LogP contribution in [0.2, 0.25) is 0 Å². The summed E-state index contributed by atoms with van der Waals surface area (Å²) < 4.78 is 1.89. The summed E-state index contributed by atoms with van der Waals surface area (Å²) in [5.74, 6) is 0. The predicted octanol–water partition coefficient (Wildman–Crippen LogP) is 9.08. The molecule has 0 unspecified atom stereocenters. The summed E-state index contributed by atoms with van der Waals surface area (Å²) in [5, 5.41) is 9.25. The van der Waals surface area contributed by atoms with Crippen molar-refractivity contribution in [1.29, 1.82) is 0 Å². The Morgan fingerprint density at radius 1 is 0.564 bits per heavy atom. The third-order valence-electron chi connectivity index (χ3n) is 8.23. The second kappa shape index (κ2) is 8.54. The maximum Gasteiger partial charge on any atom is 0.263 e. The van der Waals surface area contributed by atoms with E-state index in [1.165, 1.54) is 37.9 Å². The Bertz CT molecular complexity index is 2180. The van der Waals surface area contributed by atoms with E-state index in [2.05, 4.69) is 97.1 Å². The molecule has 0 atom stereocenters. The number of aromatic nitrogens is 1. The normalized spacial score (nSPS) is 12.9. The molecule has 0 saturated heterocycles. The number of nitrogens with zero attached hydrogens (tertiary/aromatic N) is 1. The summed E-state index contributed by atoms with van der Waals surface area (Å²) in [5.41, 5.74) is 5.39. The van der Waals surface area contributed by atoms with E-state index in [0.29, 0.717) is 0 Å². The average Bonchev–Trinajstić information content (AvgIpc) is 3.00. The summed E-state index contributed by atoms with van der Waals surface area (Å²) in [4.78, 5) is 14.1. The minimum absolute atomic E-state index is 0.0282. The van der Waals surface area contributed by atoms with Gasteiger partial charge in [-0.3, -0.25) is 9.36 Å². The maximum atomic E-state index is 14.1. The monoisotopic (exact) mass is 499 g/mol. The highest BCUT2D eigenvalue weighted by Gasteiger charge is 2.19. The summed E-state index contributed by atoms with van der Waals surface area (Å²) in [6.45, 7) is 0. The first kappa shape index (κ1) is 22.1. The van der Waals surface area contributed by atoms with Gasteiger partial charge in [-0.25, -0.2) is 0 Å². The molecule has 0 bridgehead atoms. The lowest BCUT2D eigenvalue weighted by atomic mass is 9.91. The van der Waals surface area contributed by atoms with Crippen LogP contribution < -0.4 is 5.56 Å². The minimum atomic E-state index is 0.0282. The Balaban J connectivity index is 1.39. The highest BCUT2D eigenvalue weighted by Crippen LogP contribution is 2.37. The van der Waals surface area contributed by atoms with Gasteiger partial charge in [0.15, 0.2) is 0 Å². The van der Waals surface area contributed by atoms with Crippen molar-refractivity contribution in [3.8, 4) is 16.8 Å². The standard InChI is InChI=1S/C37H25NO/c39-37-35-23-27(18-20-32(35)33-13-6-7-16-36(33)38(37)28-11-2-1-3-12-28)29-14-8-15-30-31(29)19-17-26-21-24-9-4-5-10-25(24)22-34(26)30/h1-5,7-12,14-23H,6,13H2. The first-order valence-electron chi connectivity index (χ1n) is 13.5. The van der Waals surface area contributed by atoms with Crippen LogP contribution in [0.1, 0.15) is 17.7 Å². The smallest absolute Gasteiger partial charge is 0.263 e. The molecule has 0 saturated carbocycles. The zero-order valence-electron chi connectivity index (χ0n) is 21.4. The van der Waals surface area contributed by atoms with Gasteiger partial charge in [-0.05, 0) is 104 Å². The van der Waals surface area contributed by atoms with E-state index >= 15 is 0 Å². The molecule has 2 nitrogen and oxygen atoms in total. The first-order valence-corrected chi connectivity index (χ1v) is 13.5. The van der Waals surface area contributed by atoms with Crippen molar-refractivity contribution >= 4 is 49.2 Å². The molecule has 184 valence electrons. The number of fused-ring (bicyclic) bond motifs is 7. The number of pyridine rings is 1. The van der Waals surface area contributed by atoms with Gasteiger partial charge in [-0.15, -0.1) is 0 Å². The molecule has 0 N–H and O–H groups in total. The lowest BCUT2D eigenvalue weighted by Crippen LogP contribution is -2.23. The molecule has 7 aromatic rings. The van der Waals surface area contributed by atoms with E-state index in [0.717, 1.165) is 46.1 Å². The van der Waals surface area contributed by atoms with E-state index in [1.807, 2.05) is 34.9 Å². The molecule has 39 heavy (non-hydrogen) atoms. The summed E-state index contributed by atoms with van der Waals surface area (Å²) >= 11 is 0. The van der Waals surface area contributed by atoms with Gasteiger partial charge in [0.1, 0.15) is 0 Å². The van der Waals surface area contributed by atoms with Crippen molar-refractivity contribution in [2.45, 2.75) is 12.8 Å². The molecule has 1 aliphatic rings. The Hall–Kier alpha value is -4.95. The van der Waals surface area contributed by atoms with Crippen LogP contribution in [0, 0.1) is 0 Å². The van der Waals surface area contributed by atoms with Crippen LogP contribution in [0.15, 0.2) is 126 Å². The molecule has 2 heteroatoms. The molecular formula is C37H25NO. The van der Waals surface area contributed by atoms with Gasteiger partial charge < -0.3 is 0 Å². The summed E-state index contributed by atoms with van der Waals surface area (Å²) in [6.07, 6.45) is 6.20. The molecule has 1 heterocycles. The third kappa shape index (κ3) is 3.38. The lowest BCUT2D eigenvalue weighted by Gasteiger charge is -2.20. The van der Waals surface area contributed by atoms with Crippen molar-refractivity contribution < 1.29 is 0 Å². The van der Waals surface area contributed by atoms with E-state index in [-0.39, 0.29) is 5.56 Å². The predicted molar refractivity (Wildman–Crippen MR) is 165 cm³/mol. The van der Waals surface area contributed by atoms with Crippen molar-refractivity contribution in [2.24, 2.45) is 0 Å². The van der Waals surface area contributed by atoms with Crippen molar-refractivity contribution in [3.05, 3.63) is 143 Å². The quantitative estimate of drug-likeness (QED) is 0.172. The summed E-state index contributed by atoms with van der Waals surface area (Å²) in [7, 11) is 0. The number of rotatable bonds is 2. The van der Waals surface area contributed by atoms with Crippen LogP contribution >= 0.6 is 0 Å². The topological polar surface area (TPSA) is 22.0 Å². The van der Waals surface area contributed by atoms with Gasteiger partial charge in [0.05, 0.1) is 5.69 Å². The third-order valence-corrected chi connectivity index (χ3v) is 8.23. The number of hydrogen-bond acceptors (Lipinski definition) is 1. The fourth-order valence-electron chi connectivity index (χ4n) is 6.38. The van der Waals surface area contributed by atoms with Crippen molar-refractivity contribution in [2.75, 3.05) is 0 Å². The van der Waals surface area contributed by atoms with Gasteiger partial charge in [0.25, 0.3) is 5.56 Å². The average molecular weight is 500 g/mol. The van der Waals surface area contributed by atoms with Gasteiger partial charge in [0, 0.05) is 11.1 Å². The van der Waals surface area contributed by atoms with Crippen LogP contribution in [0.5, 0.6) is 0 Å². The molecule has 1 aliphatic carbocycles. The number of allylic oxidation sites excluding steroid dienone is 1. The molecule has 0 aliphatic heterocycles. The van der Waals surface area contributed by atoms with Crippen LogP contribution in [0.3, 0.4) is 0 Å². The van der Waals surface area contributed by atoms with Gasteiger partial charge in [-0.2, -0.15) is 0 Å². The number of hydrogen-bond donors (Lipinski definition) is 0. The van der Waals surface area contributed by atoms with E-state index < -0.39 is 0 Å². The highest BCUT2D eigenvalue weighted by atomic mass is 16.1. The number of aryl methyl sites for hydroxylation is 1. The molecule has 0 amide bonds. The molecule has 0 radical (unpaired) electrons. The van der Waals surface area contributed by atoms with Gasteiger partial charge in [0.2, 0.25) is 0 Å². The van der Waals surface area contributed by atoms with Crippen molar-refractivity contribution in [3.63, 3.8) is 0 Å². The molecule has 0 spiro atoms.